The monoisotopic (exact) mass is 470 g/mol. The van der Waals surface area contributed by atoms with E-state index in [0.29, 0.717) is 50.4 Å². The van der Waals surface area contributed by atoms with E-state index < -0.39 is 0 Å². The van der Waals surface area contributed by atoms with E-state index in [1.807, 2.05) is 49.0 Å². The second-order valence-corrected chi connectivity index (χ2v) is 8.64. The molecule has 2 aliphatic heterocycles. The Morgan fingerprint density at radius 1 is 1.06 bits per heavy atom. The Morgan fingerprint density at radius 2 is 1.76 bits per heavy atom. The summed E-state index contributed by atoms with van der Waals surface area (Å²) in [6.45, 7) is 9.11. The van der Waals surface area contributed by atoms with E-state index in [-0.39, 0.29) is 11.6 Å². The number of aromatic nitrogens is 2. The third kappa shape index (κ3) is 6.34. The quantitative estimate of drug-likeness (QED) is 0.618. The first-order chi connectivity index (χ1) is 16.5. The molecule has 0 atom stereocenters. The van der Waals surface area contributed by atoms with Gasteiger partial charge in [0.15, 0.2) is 0 Å². The zero-order valence-electron chi connectivity index (χ0n) is 20.2. The SMILES string of the molecule is Cc1ccc(NC(=O)c2cc(OCCN3CCOCC3)nc(N3CCOCC3)n2)cc1N(C)C. The Labute approximate surface area is 200 Å². The third-order valence-corrected chi connectivity index (χ3v) is 5.93. The molecule has 1 aromatic carbocycles. The highest BCUT2D eigenvalue weighted by Gasteiger charge is 2.20. The lowest BCUT2D eigenvalue weighted by Gasteiger charge is -2.27. The molecule has 1 N–H and O–H groups in total. The van der Waals surface area contributed by atoms with Crippen molar-refractivity contribution >= 4 is 23.2 Å². The molecule has 0 bridgehead atoms. The van der Waals surface area contributed by atoms with E-state index in [9.17, 15) is 4.79 Å². The first-order valence-corrected chi connectivity index (χ1v) is 11.7. The van der Waals surface area contributed by atoms with Crippen LogP contribution in [0.15, 0.2) is 24.3 Å². The van der Waals surface area contributed by atoms with Crippen molar-refractivity contribution < 1.29 is 19.0 Å². The van der Waals surface area contributed by atoms with Crippen molar-refractivity contribution in [3.05, 3.63) is 35.5 Å². The third-order valence-electron chi connectivity index (χ3n) is 5.93. The molecule has 34 heavy (non-hydrogen) atoms. The molecule has 0 saturated carbocycles. The Bertz CT molecular complexity index is 974. The van der Waals surface area contributed by atoms with Crippen LogP contribution in [0.1, 0.15) is 16.1 Å². The van der Waals surface area contributed by atoms with Gasteiger partial charge in [-0.15, -0.1) is 0 Å². The summed E-state index contributed by atoms with van der Waals surface area (Å²) >= 11 is 0. The summed E-state index contributed by atoms with van der Waals surface area (Å²) in [5.74, 6) is 0.575. The summed E-state index contributed by atoms with van der Waals surface area (Å²) in [7, 11) is 3.96. The zero-order valence-corrected chi connectivity index (χ0v) is 20.2. The first kappa shape index (κ1) is 24.2. The summed E-state index contributed by atoms with van der Waals surface area (Å²) in [5, 5.41) is 2.97. The Hall–Kier alpha value is -2.95. The summed E-state index contributed by atoms with van der Waals surface area (Å²) < 4.78 is 16.8. The molecule has 3 heterocycles. The van der Waals surface area contributed by atoms with Crippen LogP contribution in [-0.4, -0.2) is 101 Å². The van der Waals surface area contributed by atoms with E-state index in [4.69, 9.17) is 14.2 Å². The number of anilines is 3. The van der Waals surface area contributed by atoms with E-state index in [1.54, 1.807) is 6.07 Å². The number of nitrogens with one attached hydrogen (secondary N) is 1. The maximum Gasteiger partial charge on any atom is 0.274 e. The van der Waals surface area contributed by atoms with Crippen molar-refractivity contribution in [3.8, 4) is 5.88 Å². The van der Waals surface area contributed by atoms with Crippen molar-refractivity contribution in [1.29, 1.82) is 0 Å². The topological polar surface area (TPSA) is 92.3 Å². The molecule has 10 nitrogen and oxygen atoms in total. The van der Waals surface area contributed by atoms with E-state index in [0.717, 1.165) is 44.1 Å². The average Bonchev–Trinajstić information content (AvgIpc) is 2.86. The van der Waals surface area contributed by atoms with Crippen LogP contribution >= 0.6 is 0 Å². The molecule has 2 aliphatic rings. The zero-order chi connectivity index (χ0) is 23.9. The fraction of sp³-hybridized carbons (Fsp3) is 0.542. The lowest BCUT2D eigenvalue weighted by Crippen LogP contribution is -2.39. The van der Waals surface area contributed by atoms with Crippen LogP contribution in [0.4, 0.5) is 17.3 Å². The van der Waals surface area contributed by atoms with Crippen molar-refractivity contribution in [2.75, 3.05) is 95.0 Å². The van der Waals surface area contributed by atoms with E-state index in [1.165, 1.54) is 0 Å². The number of nitrogens with zero attached hydrogens (tertiary/aromatic N) is 5. The lowest BCUT2D eigenvalue weighted by molar-refractivity contribution is 0.0320. The van der Waals surface area contributed by atoms with Crippen LogP contribution in [0.2, 0.25) is 0 Å². The number of amides is 1. The van der Waals surface area contributed by atoms with E-state index >= 15 is 0 Å². The fourth-order valence-corrected chi connectivity index (χ4v) is 3.98. The summed E-state index contributed by atoms with van der Waals surface area (Å²) in [6.07, 6.45) is 0. The number of carbonyl (C=O) groups is 1. The molecule has 184 valence electrons. The average molecular weight is 471 g/mol. The molecule has 0 radical (unpaired) electrons. The molecule has 0 spiro atoms. The van der Waals surface area contributed by atoms with Gasteiger partial charge in [-0.2, -0.15) is 4.98 Å². The lowest BCUT2D eigenvalue weighted by atomic mass is 10.1. The van der Waals surface area contributed by atoms with Crippen molar-refractivity contribution in [3.63, 3.8) is 0 Å². The van der Waals surface area contributed by atoms with Gasteiger partial charge in [0.25, 0.3) is 5.91 Å². The molecule has 1 amide bonds. The van der Waals surface area contributed by atoms with Crippen LogP contribution in [0.25, 0.3) is 0 Å². The maximum atomic E-state index is 13.2. The summed E-state index contributed by atoms with van der Waals surface area (Å²) in [5.41, 5.74) is 3.16. The Balaban J connectivity index is 1.50. The predicted octanol–water partition coefficient (Wildman–Crippen LogP) is 1.65. The minimum Gasteiger partial charge on any atom is -0.476 e. The number of ether oxygens (including phenoxy) is 3. The molecular weight excluding hydrogens is 436 g/mol. The van der Waals surface area contributed by atoms with Crippen LogP contribution in [0, 0.1) is 6.92 Å². The minimum atomic E-state index is -0.302. The van der Waals surface area contributed by atoms with Gasteiger partial charge in [0.05, 0.1) is 26.4 Å². The van der Waals surface area contributed by atoms with Gasteiger partial charge in [-0.1, -0.05) is 6.07 Å². The second kappa shape index (κ2) is 11.5. The maximum absolute atomic E-state index is 13.2. The van der Waals surface area contributed by atoms with Crippen molar-refractivity contribution in [2.24, 2.45) is 0 Å². The number of rotatable bonds is 8. The molecule has 2 saturated heterocycles. The Kier molecular flexibility index (Phi) is 8.15. The van der Waals surface area contributed by atoms with Crippen LogP contribution in [-0.2, 0) is 9.47 Å². The highest BCUT2D eigenvalue weighted by atomic mass is 16.5. The minimum absolute atomic E-state index is 0.268. The standard InChI is InChI=1S/C24H34N6O4/c1-18-4-5-19(16-21(18)28(2)3)25-23(31)20-17-22(34-15-8-29-6-11-32-12-7-29)27-24(26-20)30-9-13-33-14-10-30/h4-5,16-17H,6-15H2,1-3H3,(H,25,31). The summed E-state index contributed by atoms with van der Waals surface area (Å²) in [6, 6.07) is 7.45. The molecule has 0 unspecified atom stereocenters. The van der Waals surface area contributed by atoms with Gasteiger partial charge in [0, 0.05) is 64.3 Å². The highest BCUT2D eigenvalue weighted by molar-refractivity contribution is 6.03. The number of aryl methyl sites for hydroxylation is 1. The van der Waals surface area contributed by atoms with Crippen molar-refractivity contribution in [2.45, 2.75) is 6.92 Å². The van der Waals surface area contributed by atoms with Crippen molar-refractivity contribution in [1.82, 2.24) is 14.9 Å². The van der Waals surface area contributed by atoms with Gasteiger partial charge in [0.2, 0.25) is 11.8 Å². The highest BCUT2D eigenvalue weighted by Crippen LogP contribution is 2.24. The first-order valence-electron chi connectivity index (χ1n) is 11.7. The smallest absolute Gasteiger partial charge is 0.274 e. The van der Waals surface area contributed by atoms with Gasteiger partial charge in [-0.05, 0) is 24.6 Å². The largest absolute Gasteiger partial charge is 0.476 e. The molecule has 2 fully saturated rings. The molecule has 0 aliphatic carbocycles. The molecule has 2 aromatic rings. The Morgan fingerprint density at radius 3 is 2.47 bits per heavy atom. The van der Waals surface area contributed by atoms with Gasteiger partial charge < -0.3 is 29.3 Å². The van der Waals surface area contributed by atoms with Gasteiger partial charge >= 0.3 is 0 Å². The van der Waals surface area contributed by atoms with Gasteiger partial charge in [-0.25, -0.2) is 4.98 Å². The number of carbonyl (C=O) groups excluding carboxylic acids is 1. The second-order valence-electron chi connectivity index (χ2n) is 8.64. The normalized spacial score (nSPS) is 16.9. The molecule has 4 rings (SSSR count). The number of hydrogen-bond acceptors (Lipinski definition) is 9. The molecular formula is C24H34N6O4. The van der Waals surface area contributed by atoms with E-state index in [2.05, 4.69) is 20.2 Å². The van der Waals surface area contributed by atoms with Crippen LogP contribution in [0.5, 0.6) is 5.88 Å². The number of benzene rings is 1. The predicted molar refractivity (Wildman–Crippen MR) is 131 cm³/mol. The van der Waals surface area contributed by atoms with Gasteiger partial charge in [0.1, 0.15) is 12.3 Å². The fourth-order valence-electron chi connectivity index (χ4n) is 3.98. The van der Waals surface area contributed by atoms with Crippen LogP contribution in [0.3, 0.4) is 0 Å². The number of hydrogen-bond donors (Lipinski definition) is 1. The molecule has 1 aromatic heterocycles. The van der Waals surface area contributed by atoms with Crippen LogP contribution < -0.4 is 19.9 Å². The van der Waals surface area contributed by atoms with Gasteiger partial charge in [-0.3, -0.25) is 9.69 Å². The molecule has 10 heteroatoms. The number of morpholine rings is 2. The summed E-state index contributed by atoms with van der Waals surface area (Å²) in [4.78, 5) is 28.6.